The number of piperidine rings is 1. The van der Waals surface area contributed by atoms with Gasteiger partial charge in [-0.2, -0.15) is 5.10 Å². The molecule has 24 heavy (non-hydrogen) atoms. The number of likely N-dealkylation sites (tertiary alicyclic amines) is 1. The molecule has 5 heteroatoms. The minimum atomic E-state index is -0.102. The summed E-state index contributed by atoms with van der Waals surface area (Å²) in [7, 11) is 0. The SMILES string of the molecule is CCn1cc(CNC2CCCN(Cc3ccccc3F)C2)c(C)n1. The van der Waals surface area contributed by atoms with Crippen LogP contribution in [0.3, 0.4) is 0 Å². The van der Waals surface area contributed by atoms with Gasteiger partial charge in [0.2, 0.25) is 0 Å². The van der Waals surface area contributed by atoms with Crippen molar-refractivity contribution in [2.75, 3.05) is 13.1 Å². The average Bonchev–Trinajstić information content (AvgIpc) is 2.96. The minimum absolute atomic E-state index is 0.102. The summed E-state index contributed by atoms with van der Waals surface area (Å²) in [5, 5.41) is 8.16. The van der Waals surface area contributed by atoms with Crippen LogP contribution >= 0.6 is 0 Å². The van der Waals surface area contributed by atoms with Gasteiger partial charge in [-0.25, -0.2) is 4.39 Å². The molecule has 1 atom stereocenters. The molecule has 4 nitrogen and oxygen atoms in total. The maximum absolute atomic E-state index is 13.8. The van der Waals surface area contributed by atoms with Gasteiger partial charge in [-0.1, -0.05) is 18.2 Å². The third-order valence-corrected chi connectivity index (χ3v) is 4.81. The first-order chi connectivity index (χ1) is 11.7. The topological polar surface area (TPSA) is 33.1 Å². The number of nitrogens with zero attached hydrogens (tertiary/aromatic N) is 3. The second kappa shape index (κ2) is 7.90. The zero-order valence-electron chi connectivity index (χ0n) is 14.6. The lowest BCUT2D eigenvalue weighted by molar-refractivity contribution is 0.181. The molecular weight excluding hydrogens is 303 g/mol. The molecule has 0 radical (unpaired) electrons. The molecular formula is C19H27FN4. The molecule has 1 aliphatic rings. The maximum atomic E-state index is 13.8. The van der Waals surface area contributed by atoms with Crippen LogP contribution in [0.1, 0.15) is 36.6 Å². The van der Waals surface area contributed by atoms with Crippen molar-refractivity contribution >= 4 is 0 Å². The van der Waals surface area contributed by atoms with Gasteiger partial charge in [0.15, 0.2) is 0 Å². The standard InChI is InChI=1S/C19H27FN4/c1-3-24-13-17(15(2)22-24)11-21-18-8-6-10-23(14-18)12-16-7-4-5-9-19(16)20/h4-5,7,9,13,18,21H,3,6,8,10-12,14H2,1-2H3. The fourth-order valence-corrected chi connectivity index (χ4v) is 3.38. The summed E-state index contributed by atoms with van der Waals surface area (Å²) in [6.45, 7) is 8.62. The Morgan fingerprint density at radius 1 is 1.29 bits per heavy atom. The highest BCUT2D eigenvalue weighted by atomic mass is 19.1. The van der Waals surface area contributed by atoms with E-state index in [-0.39, 0.29) is 5.82 Å². The molecule has 1 fully saturated rings. The monoisotopic (exact) mass is 330 g/mol. The fourth-order valence-electron chi connectivity index (χ4n) is 3.38. The van der Waals surface area contributed by atoms with Gasteiger partial charge in [-0.15, -0.1) is 0 Å². The molecule has 2 aromatic rings. The Labute approximate surface area is 143 Å². The van der Waals surface area contributed by atoms with Gasteiger partial charge in [0.05, 0.1) is 5.69 Å². The predicted molar refractivity (Wildman–Crippen MR) is 94.2 cm³/mol. The molecule has 0 aliphatic carbocycles. The highest BCUT2D eigenvalue weighted by Gasteiger charge is 2.20. The molecule has 1 N–H and O–H groups in total. The number of aryl methyl sites for hydroxylation is 2. The van der Waals surface area contributed by atoms with Crippen LogP contribution in [0.2, 0.25) is 0 Å². The van der Waals surface area contributed by atoms with Crippen LogP contribution in [0.5, 0.6) is 0 Å². The van der Waals surface area contributed by atoms with Crippen LogP contribution in [0, 0.1) is 12.7 Å². The van der Waals surface area contributed by atoms with Crippen LogP contribution in [0.15, 0.2) is 30.5 Å². The molecule has 0 spiro atoms. The smallest absolute Gasteiger partial charge is 0.127 e. The second-order valence-corrected chi connectivity index (χ2v) is 6.64. The molecule has 0 bridgehead atoms. The molecule has 0 saturated carbocycles. The summed E-state index contributed by atoms with van der Waals surface area (Å²) in [6.07, 6.45) is 4.45. The normalized spacial score (nSPS) is 18.9. The van der Waals surface area contributed by atoms with Gasteiger partial charge in [0, 0.05) is 49.5 Å². The second-order valence-electron chi connectivity index (χ2n) is 6.64. The van der Waals surface area contributed by atoms with Crippen molar-refractivity contribution in [1.29, 1.82) is 0 Å². The van der Waals surface area contributed by atoms with Gasteiger partial charge in [-0.05, 0) is 39.3 Å². The van der Waals surface area contributed by atoms with Crippen molar-refractivity contribution in [2.45, 2.75) is 52.4 Å². The Morgan fingerprint density at radius 2 is 2.12 bits per heavy atom. The molecule has 130 valence electrons. The van der Waals surface area contributed by atoms with Gasteiger partial charge >= 0.3 is 0 Å². The summed E-state index contributed by atoms with van der Waals surface area (Å²) >= 11 is 0. The molecule has 1 aromatic heterocycles. The van der Waals surface area contributed by atoms with Crippen molar-refractivity contribution in [2.24, 2.45) is 0 Å². The summed E-state index contributed by atoms with van der Waals surface area (Å²) in [5.74, 6) is -0.102. The quantitative estimate of drug-likeness (QED) is 0.883. The van der Waals surface area contributed by atoms with Gasteiger partial charge in [-0.3, -0.25) is 9.58 Å². The highest BCUT2D eigenvalue weighted by molar-refractivity contribution is 5.17. The van der Waals surface area contributed by atoms with E-state index >= 15 is 0 Å². The first-order valence-electron chi connectivity index (χ1n) is 8.87. The van der Waals surface area contributed by atoms with E-state index in [4.69, 9.17) is 0 Å². The Balaban J connectivity index is 1.53. The number of nitrogens with one attached hydrogen (secondary N) is 1. The van der Waals surface area contributed by atoms with E-state index in [9.17, 15) is 4.39 Å². The number of rotatable bonds is 6. The van der Waals surface area contributed by atoms with Crippen molar-refractivity contribution in [3.8, 4) is 0 Å². The molecule has 3 rings (SSSR count). The lowest BCUT2D eigenvalue weighted by Gasteiger charge is -2.33. The average molecular weight is 330 g/mol. The number of aromatic nitrogens is 2. The van der Waals surface area contributed by atoms with E-state index in [0.717, 1.165) is 43.9 Å². The summed E-state index contributed by atoms with van der Waals surface area (Å²) in [4.78, 5) is 2.35. The van der Waals surface area contributed by atoms with E-state index in [0.29, 0.717) is 12.6 Å². The van der Waals surface area contributed by atoms with Crippen LogP contribution in [-0.2, 0) is 19.6 Å². The molecule has 1 unspecified atom stereocenters. The maximum Gasteiger partial charge on any atom is 0.127 e. The van der Waals surface area contributed by atoms with Crippen LogP contribution in [-0.4, -0.2) is 33.8 Å². The van der Waals surface area contributed by atoms with E-state index in [1.807, 2.05) is 16.8 Å². The molecule has 0 amide bonds. The van der Waals surface area contributed by atoms with Crippen LogP contribution < -0.4 is 5.32 Å². The highest BCUT2D eigenvalue weighted by Crippen LogP contribution is 2.16. The van der Waals surface area contributed by atoms with Crippen molar-refractivity contribution < 1.29 is 4.39 Å². The van der Waals surface area contributed by atoms with Gasteiger partial charge in [0.25, 0.3) is 0 Å². The largest absolute Gasteiger partial charge is 0.309 e. The third-order valence-electron chi connectivity index (χ3n) is 4.81. The van der Waals surface area contributed by atoms with E-state index in [2.05, 4.69) is 35.4 Å². The van der Waals surface area contributed by atoms with Crippen molar-refractivity contribution in [3.63, 3.8) is 0 Å². The first kappa shape index (κ1) is 17.1. The Kier molecular flexibility index (Phi) is 5.63. The summed E-state index contributed by atoms with van der Waals surface area (Å²) < 4.78 is 15.8. The predicted octanol–water partition coefficient (Wildman–Crippen LogP) is 3.10. The molecule has 1 saturated heterocycles. The summed E-state index contributed by atoms with van der Waals surface area (Å²) in [6, 6.07) is 7.54. The minimum Gasteiger partial charge on any atom is -0.309 e. The Morgan fingerprint density at radius 3 is 2.88 bits per heavy atom. The van der Waals surface area contributed by atoms with Crippen molar-refractivity contribution in [3.05, 3.63) is 53.1 Å². The molecule has 1 aliphatic heterocycles. The lowest BCUT2D eigenvalue weighted by atomic mass is 10.0. The van der Waals surface area contributed by atoms with Gasteiger partial charge in [0.1, 0.15) is 5.82 Å². The lowest BCUT2D eigenvalue weighted by Crippen LogP contribution is -2.45. The molecule has 2 heterocycles. The van der Waals surface area contributed by atoms with E-state index < -0.39 is 0 Å². The fraction of sp³-hybridized carbons (Fsp3) is 0.526. The third kappa shape index (κ3) is 4.22. The van der Waals surface area contributed by atoms with Crippen LogP contribution in [0.25, 0.3) is 0 Å². The number of benzene rings is 1. The Bertz CT molecular complexity index is 667. The first-order valence-corrected chi connectivity index (χ1v) is 8.87. The van der Waals surface area contributed by atoms with Crippen molar-refractivity contribution in [1.82, 2.24) is 20.0 Å². The summed E-state index contributed by atoms with van der Waals surface area (Å²) in [5.41, 5.74) is 3.16. The van der Waals surface area contributed by atoms with Gasteiger partial charge < -0.3 is 5.32 Å². The Hall–Kier alpha value is -1.72. The van der Waals surface area contributed by atoms with E-state index in [1.165, 1.54) is 12.0 Å². The molecule has 1 aromatic carbocycles. The number of hydrogen-bond acceptors (Lipinski definition) is 3. The van der Waals surface area contributed by atoms with Crippen LogP contribution in [0.4, 0.5) is 4.39 Å². The zero-order chi connectivity index (χ0) is 16.9. The number of halogens is 1. The zero-order valence-corrected chi connectivity index (χ0v) is 14.6. The van der Waals surface area contributed by atoms with E-state index in [1.54, 1.807) is 12.1 Å². The number of hydrogen-bond donors (Lipinski definition) is 1.